The van der Waals surface area contributed by atoms with Crippen LogP contribution in [0.2, 0.25) is 0 Å². The van der Waals surface area contributed by atoms with E-state index >= 15 is 0 Å². The maximum absolute atomic E-state index is 9.64. The number of aromatic nitrogens is 4. The fourth-order valence-electron chi connectivity index (χ4n) is 7.40. The molecule has 0 aliphatic rings. The summed E-state index contributed by atoms with van der Waals surface area (Å²) in [5, 5.41) is 1.58. The van der Waals surface area contributed by atoms with Crippen LogP contribution in [-0.4, -0.2) is 19.5 Å². The summed E-state index contributed by atoms with van der Waals surface area (Å²) in [5.74, 6) is 0.875. The molecular formula is C51H32N4O. The molecule has 5 heteroatoms. The van der Waals surface area contributed by atoms with Crippen molar-refractivity contribution in [2.75, 3.05) is 0 Å². The van der Waals surface area contributed by atoms with Crippen molar-refractivity contribution < 1.29 is 19.5 Å². The second kappa shape index (κ2) is 13.0. The lowest BCUT2D eigenvalue weighted by molar-refractivity contribution is 0.670. The third-order valence-corrected chi connectivity index (χ3v) is 9.91. The Labute approximate surface area is 338 Å². The third kappa shape index (κ3) is 5.21. The molecular weight excluding hydrogens is 685 g/mol. The van der Waals surface area contributed by atoms with Crippen molar-refractivity contribution in [1.29, 1.82) is 0 Å². The molecule has 0 radical (unpaired) electrons. The van der Waals surface area contributed by atoms with Crippen LogP contribution in [0, 0.1) is 0 Å². The summed E-state index contributed by atoms with van der Waals surface area (Å²) >= 11 is 0. The molecule has 0 N–H and O–H groups in total. The van der Waals surface area contributed by atoms with E-state index < -0.39 is 59.9 Å². The van der Waals surface area contributed by atoms with Crippen molar-refractivity contribution in [2.24, 2.45) is 0 Å². The van der Waals surface area contributed by atoms with Gasteiger partial charge in [-0.2, -0.15) is 0 Å². The van der Waals surface area contributed by atoms with Gasteiger partial charge in [0.2, 0.25) is 0 Å². The minimum atomic E-state index is -0.685. The lowest BCUT2D eigenvalue weighted by atomic mass is 9.99. The normalized spacial score (nSPS) is 14.3. The number of fused-ring (bicyclic) bond motifs is 6. The molecule has 262 valence electrons. The fraction of sp³-hybridized carbons (Fsp3) is 0. The predicted octanol–water partition coefficient (Wildman–Crippen LogP) is 13.2. The predicted molar refractivity (Wildman–Crippen MR) is 229 cm³/mol. The number of hydrogen-bond acceptors (Lipinski definition) is 4. The van der Waals surface area contributed by atoms with Gasteiger partial charge in [0.05, 0.1) is 31.8 Å². The van der Waals surface area contributed by atoms with Crippen LogP contribution >= 0.6 is 0 Å². The van der Waals surface area contributed by atoms with Crippen molar-refractivity contribution in [2.45, 2.75) is 0 Å². The SMILES string of the molecule is [2H]c1cc([2H])c2c(c1[2H])c1c(-c3c([2H])c([2H])c([2H])c([2H])c3[2H])c([2H])c([2H])c([2H])c1n2-c1cc(-c2cccc3c2oc2ccccc23)ccc1-c1nc(-c2ccccc2)nc(-c2ccccc2)n1. The van der Waals surface area contributed by atoms with Crippen LogP contribution in [0.4, 0.5) is 0 Å². The van der Waals surface area contributed by atoms with E-state index in [1.165, 1.54) is 10.6 Å². The molecule has 5 nitrogen and oxygen atoms in total. The van der Waals surface area contributed by atoms with Crippen LogP contribution in [-0.2, 0) is 0 Å². The molecule has 0 aliphatic carbocycles. The number of hydrogen-bond donors (Lipinski definition) is 0. The molecule has 0 amide bonds. The van der Waals surface area contributed by atoms with E-state index in [0.29, 0.717) is 50.6 Å². The van der Waals surface area contributed by atoms with Crippen LogP contribution in [0.25, 0.3) is 106 Å². The topological polar surface area (TPSA) is 56.7 Å². The summed E-state index contributed by atoms with van der Waals surface area (Å²) in [6.07, 6.45) is 0. The van der Waals surface area contributed by atoms with E-state index in [2.05, 4.69) is 0 Å². The highest BCUT2D eigenvalue weighted by Crippen LogP contribution is 2.43. The summed E-state index contributed by atoms with van der Waals surface area (Å²) in [7, 11) is 0. The molecule has 0 fully saturated rings. The highest BCUT2D eigenvalue weighted by Gasteiger charge is 2.22. The molecule has 0 atom stereocenters. The van der Waals surface area contributed by atoms with Crippen LogP contribution < -0.4 is 0 Å². The van der Waals surface area contributed by atoms with Gasteiger partial charge in [0.25, 0.3) is 0 Å². The van der Waals surface area contributed by atoms with Gasteiger partial charge in [-0.05, 0) is 47.0 Å². The minimum Gasteiger partial charge on any atom is -0.455 e. The summed E-state index contributed by atoms with van der Waals surface area (Å²) in [6, 6.07) is 32.8. The van der Waals surface area contributed by atoms with Gasteiger partial charge in [0.1, 0.15) is 11.2 Å². The van der Waals surface area contributed by atoms with Crippen LogP contribution in [0.3, 0.4) is 0 Å². The lowest BCUT2D eigenvalue weighted by Gasteiger charge is -2.17. The summed E-state index contributed by atoms with van der Waals surface area (Å²) in [4.78, 5) is 15.0. The van der Waals surface area contributed by atoms with E-state index in [1.54, 1.807) is 6.07 Å². The molecule has 11 rings (SSSR count). The van der Waals surface area contributed by atoms with Gasteiger partial charge in [-0.1, -0.05) is 164 Å². The van der Waals surface area contributed by atoms with Crippen molar-refractivity contribution in [3.8, 4) is 62.1 Å². The zero-order valence-corrected chi connectivity index (χ0v) is 29.3. The molecule has 0 aliphatic heterocycles. The maximum atomic E-state index is 9.64. The Kier molecular flexibility index (Phi) is 5.25. The number of rotatable bonds is 6. The minimum absolute atomic E-state index is 0.00378. The molecule has 8 aromatic carbocycles. The van der Waals surface area contributed by atoms with Gasteiger partial charge in [0.15, 0.2) is 17.5 Å². The van der Waals surface area contributed by atoms with Crippen molar-refractivity contribution in [3.05, 3.63) is 194 Å². The number of furan rings is 1. The number of para-hydroxylation sites is 3. The average Bonchev–Trinajstić information content (AvgIpc) is 3.92. The Bertz CT molecular complexity index is 3810. The zero-order valence-electron chi connectivity index (χ0n) is 40.3. The lowest BCUT2D eigenvalue weighted by Crippen LogP contribution is -2.04. The Morgan fingerprint density at radius 3 is 1.93 bits per heavy atom. The summed E-state index contributed by atoms with van der Waals surface area (Å²) in [6.45, 7) is 0. The Morgan fingerprint density at radius 2 is 1.14 bits per heavy atom. The van der Waals surface area contributed by atoms with E-state index in [9.17, 15) is 6.85 Å². The Hall–Kier alpha value is -7.63. The van der Waals surface area contributed by atoms with Gasteiger partial charge in [-0.25, -0.2) is 15.0 Å². The average molecular weight is 728 g/mol. The van der Waals surface area contributed by atoms with Gasteiger partial charge >= 0.3 is 0 Å². The van der Waals surface area contributed by atoms with Crippen molar-refractivity contribution in [1.82, 2.24) is 19.5 Å². The molecule has 0 bridgehead atoms. The van der Waals surface area contributed by atoms with Gasteiger partial charge in [-0.3, -0.25) is 0 Å². The smallest absolute Gasteiger partial charge is 0.166 e. The third-order valence-electron chi connectivity index (χ3n) is 9.91. The first-order chi connectivity index (χ1) is 32.3. The largest absolute Gasteiger partial charge is 0.455 e. The van der Waals surface area contributed by atoms with Crippen LogP contribution in [0.15, 0.2) is 198 Å². The summed E-state index contributed by atoms with van der Waals surface area (Å²) in [5.41, 5.74) is 3.77. The first-order valence-corrected chi connectivity index (χ1v) is 17.9. The molecule has 0 saturated heterocycles. The van der Waals surface area contributed by atoms with Crippen LogP contribution in [0.5, 0.6) is 0 Å². The van der Waals surface area contributed by atoms with Crippen LogP contribution in [0.1, 0.15) is 15.1 Å². The molecule has 3 aromatic heterocycles. The quantitative estimate of drug-likeness (QED) is 0.171. The van der Waals surface area contributed by atoms with E-state index in [1.807, 2.05) is 115 Å². The monoisotopic (exact) mass is 727 g/mol. The van der Waals surface area contributed by atoms with Gasteiger partial charge in [0, 0.05) is 43.8 Å². The molecule has 0 unspecified atom stereocenters. The van der Waals surface area contributed by atoms with Crippen molar-refractivity contribution in [3.63, 3.8) is 0 Å². The maximum Gasteiger partial charge on any atom is 0.166 e. The van der Waals surface area contributed by atoms with E-state index in [-0.39, 0.29) is 51.0 Å². The van der Waals surface area contributed by atoms with E-state index in [0.717, 1.165) is 10.8 Å². The zero-order chi connectivity index (χ0) is 46.6. The second-order valence-electron chi connectivity index (χ2n) is 13.1. The highest BCUT2D eigenvalue weighted by atomic mass is 16.3. The summed E-state index contributed by atoms with van der Waals surface area (Å²) < 4.78 is 108. The van der Waals surface area contributed by atoms with Gasteiger partial charge < -0.3 is 8.98 Å². The second-order valence-corrected chi connectivity index (χ2v) is 13.1. The van der Waals surface area contributed by atoms with E-state index in [4.69, 9.17) is 27.6 Å². The van der Waals surface area contributed by atoms with Crippen molar-refractivity contribution >= 4 is 43.7 Å². The highest BCUT2D eigenvalue weighted by molar-refractivity contribution is 6.16. The molecule has 11 aromatic rings. The molecule has 3 heterocycles. The van der Waals surface area contributed by atoms with Gasteiger partial charge in [-0.15, -0.1) is 0 Å². The Balaban J connectivity index is 1.33. The molecule has 0 saturated carbocycles. The number of benzene rings is 8. The number of nitrogens with zero attached hydrogens (tertiary/aromatic N) is 4. The molecule has 56 heavy (non-hydrogen) atoms. The standard InChI is InChI=1S/C51H32N4O/c1-4-16-33(17-5-1)37-24-15-28-44-47(37)41-23-10-12-27-43(41)55(44)45-32-36(38-25-14-26-40-39-22-11-13-29-46(39)56-48(38)40)30-31-42(45)51-53-49(34-18-6-2-7-19-34)52-50(54-51)35-20-8-3-9-21-35/h1-32H/i1D,4D,5D,10D,15D,16D,17D,23D,24D,27D,28D. The Morgan fingerprint density at radius 1 is 0.429 bits per heavy atom. The first kappa shape index (κ1) is 22.6. The first-order valence-electron chi connectivity index (χ1n) is 23.4. The fourth-order valence-corrected chi connectivity index (χ4v) is 7.40. The molecule has 0 spiro atoms.